The molecule has 164 valence electrons. The molecule has 0 spiro atoms. The lowest BCUT2D eigenvalue weighted by Crippen LogP contribution is -2.27. The van der Waals surface area contributed by atoms with Crippen molar-refractivity contribution in [3.05, 3.63) is 64.1 Å². The van der Waals surface area contributed by atoms with Crippen molar-refractivity contribution < 1.29 is 13.7 Å². The molecule has 0 saturated heterocycles. The first-order valence-electron chi connectivity index (χ1n) is 10.7. The molecule has 6 nitrogen and oxygen atoms in total. The number of fused-ring (bicyclic) bond motifs is 1. The summed E-state index contributed by atoms with van der Waals surface area (Å²) in [5.41, 5.74) is 4.62. The van der Waals surface area contributed by atoms with E-state index >= 15 is 0 Å². The van der Waals surface area contributed by atoms with Crippen molar-refractivity contribution in [1.82, 2.24) is 14.9 Å². The monoisotopic (exact) mass is 424 g/mol. The van der Waals surface area contributed by atoms with Crippen LogP contribution in [0.4, 0.5) is 10.1 Å². The van der Waals surface area contributed by atoms with Gasteiger partial charge in [0.2, 0.25) is 0 Å². The summed E-state index contributed by atoms with van der Waals surface area (Å²) in [5, 5.41) is 11.7. The molecule has 1 amide bonds. The molecule has 2 aromatic heterocycles. The van der Waals surface area contributed by atoms with Crippen molar-refractivity contribution in [3.63, 3.8) is 0 Å². The van der Waals surface area contributed by atoms with Crippen molar-refractivity contribution >= 4 is 11.6 Å². The van der Waals surface area contributed by atoms with Gasteiger partial charge in [0.25, 0.3) is 5.91 Å². The van der Waals surface area contributed by atoms with Gasteiger partial charge in [0.05, 0.1) is 23.6 Å². The van der Waals surface area contributed by atoms with E-state index in [1.54, 1.807) is 12.1 Å². The van der Waals surface area contributed by atoms with E-state index in [0.717, 1.165) is 47.5 Å². The van der Waals surface area contributed by atoms with E-state index in [-0.39, 0.29) is 17.1 Å². The van der Waals surface area contributed by atoms with Gasteiger partial charge in [0.1, 0.15) is 11.6 Å². The molecule has 1 aliphatic carbocycles. The van der Waals surface area contributed by atoms with Gasteiger partial charge in [0.15, 0.2) is 5.69 Å². The number of aromatic nitrogens is 3. The minimum Gasteiger partial charge on any atom is -0.360 e. The maximum atomic E-state index is 13.2. The Morgan fingerprint density at radius 2 is 1.97 bits per heavy atom. The number of benzene rings is 1. The Morgan fingerprint density at radius 3 is 2.65 bits per heavy atom. The fraction of sp³-hybridized carbons (Fsp3) is 0.458. The third kappa shape index (κ3) is 4.27. The number of rotatable bonds is 4. The lowest BCUT2D eigenvalue weighted by atomic mass is 9.71. The van der Waals surface area contributed by atoms with Crippen LogP contribution < -0.4 is 5.32 Å². The van der Waals surface area contributed by atoms with Gasteiger partial charge in [-0.25, -0.2) is 4.39 Å². The number of halogens is 1. The highest BCUT2D eigenvalue weighted by Crippen LogP contribution is 2.38. The van der Waals surface area contributed by atoms with Gasteiger partial charge >= 0.3 is 0 Å². The van der Waals surface area contributed by atoms with E-state index in [4.69, 9.17) is 4.52 Å². The topological polar surface area (TPSA) is 73.0 Å². The Labute approximate surface area is 181 Å². The van der Waals surface area contributed by atoms with Gasteiger partial charge in [-0.2, -0.15) is 5.10 Å². The van der Waals surface area contributed by atoms with Crippen LogP contribution >= 0.6 is 0 Å². The summed E-state index contributed by atoms with van der Waals surface area (Å²) in [6.45, 7) is 11.0. The quantitative estimate of drug-likeness (QED) is 0.634. The van der Waals surface area contributed by atoms with E-state index in [1.807, 2.05) is 18.5 Å². The second-order valence-corrected chi connectivity index (χ2v) is 9.52. The number of aryl methyl sites for hydroxylation is 2. The standard InChI is InChI=1S/C24H29FN4O2/c1-14-21(15(2)29(27-14)13-16-6-9-18(25)10-7-16)26-23(30)22-19-12-17(24(3,4)5)8-11-20(19)31-28-22/h6-7,9-10,17H,8,11-13H2,1-5H3,(H,26,30)/t17-/m0/s1. The molecule has 2 heterocycles. The van der Waals surface area contributed by atoms with Crippen LogP contribution in [0.15, 0.2) is 28.8 Å². The Bertz CT molecular complexity index is 1110. The largest absolute Gasteiger partial charge is 0.360 e. The molecule has 3 aromatic rings. The molecule has 7 heteroatoms. The van der Waals surface area contributed by atoms with Gasteiger partial charge < -0.3 is 9.84 Å². The average molecular weight is 425 g/mol. The fourth-order valence-corrected chi connectivity index (χ4v) is 4.29. The maximum Gasteiger partial charge on any atom is 0.278 e. The van der Waals surface area contributed by atoms with Crippen LogP contribution in [0.25, 0.3) is 0 Å². The predicted octanol–water partition coefficient (Wildman–Crippen LogP) is 5.08. The first-order chi connectivity index (χ1) is 14.6. The van der Waals surface area contributed by atoms with Crippen molar-refractivity contribution in [2.24, 2.45) is 11.3 Å². The second-order valence-electron chi connectivity index (χ2n) is 9.52. The van der Waals surface area contributed by atoms with Crippen molar-refractivity contribution in [1.29, 1.82) is 0 Å². The molecule has 0 fully saturated rings. The van der Waals surface area contributed by atoms with E-state index < -0.39 is 0 Å². The zero-order valence-corrected chi connectivity index (χ0v) is 18.8. The van der Waals surface area contributed by atoms with Crippen LogP contribution in [0, 0.1) is 31.0 Å². The molecule has 1 atom stereocenters. The molecule has 31 heavy (non-hydrogen) atoms. The Hall–Kier alpha value is -2.96. The van der Waals surface area contributed by atoms with Crippen molar-refractivity contribution in [3.8, 4) is 0 Å². The Balaban J connectivity index is 1.54. The molecule has 0 radical (unpaired) electrons. The van der Waals surface area contributed by atoms with Crippen LogP contribution in [0.2, 0.25) is 0 Å². The number of amides is 1. The van der Waals surface area contributed by atoms with Crippen molar-refractivity contribution in [2.75, 3.05) is 5.32 Å². The van der Waals surface area contributed by atoms with E-state index in [2.05, 4.69) is 36.3 Å². The fourth-order valence-electron chi connectivity index (χ4n) is 4.29. The van der Waals surface area contributed by atoms with Crippen LogP contribution in [0.1, 0.15) is 66.0 Å². The lowest BCUT2D eigenvalue weighted by Gasteiger charge is -2.33. The average Bonchev–Trinajstić information content (AvgIpc) is 3.25. The molecule has 4 rings (SSSR count). The number of carbonyl (C=O) groups excluding carboxylic acids is 1. The molecule has 1 aromatic carbocycles. The van der Waals surface area contributed by atoms with E-state index in [9.17, 15) is 9.18 Å². The first-order valence-corrected chi connectivity index (χ1v) is 10.7. The molecule has 1 aliphatic rings. The van der Waals surface area contributed by atoms with Gasteiger partial charge in [-0.1, -0.05) is 38.1 Å². The summed E-state index contributed by atoms with van der Waals surface area (Å²) in [4.78, 5) is 13.1. The summed E-state index contributed by atoms with van der Waals surface area (Å²) in [6.07, 6.45) is 2.65. The lowest BCUT2D eigenvalue weighted by molar-refractivity contribution is 0.101. The summed E-state index contributed by atoms with van der Waals surface area (Å²) < 4.78 is 20.5. The molecular formula is C24H29FN4O2. The van der Waals surface area contributed by atoms with Crippen LogP contribution in [-0.4, -0.2) is 20.8 Å². The number of nitrogens with zero attached hydrogens (tertiary/aromatic N) is 3. The SMILES string of the molecule is Cc1nn(Cc2ccc(F)cc2)c(C)c1NC(=O)c1noc2c1C[C@@H](C(C)(C)C)CC2. The van der Waals surface area contributed by atoms with Crippen LogP contribution in [0.3, 0.4) is 0 Å². The first kappa shape index (κ1) is 21.3. The number of nitrogens with one attached hydrogen (secondary N) is 1. The highest BCUT2D eigenvalue weighted by atomic mass is 19.1. The van der Waals surface area contributed by atoms with Gasteiger partial charge in [-0.15, -0.1) is 0 Å². The smallest absolute Gasteiger partial charge is 0.278 e. The molecule has 0 aliphatic heterocycles. The van der Waals surface area contributed by atoms with Crippen molar-refractivity contribution in [2.45, 2.75) is 60.4 Å². The molecule has 0 bridgehead atoms. The zero-order valence-electron chi connectivity index (χ0n) is 18.8. The van der Waals surface area contributed by atoms with E-state index in [0.29, 0.717) is 23.8 Å². The normalized spacial score (nSPS) is 16.3. The predicted molar refractivity (Wildman–Crippen MR) is 117 cm³/mol. The van der Waals surface area contributed by atoms with Gasteiger partial charge in [-0.05, 0) is 55.7 Å². The minimum atomic E-state index is -0.271. The summed E-state index contributed by atoms with van der Waals surface area (Å²) in [6, 6.07) is 6.33. The maximum absolute atomic E-state index is 13.2. The molecule has 1 N–H and O–H groups in total. The van der Waals surface area contributed by atoms with Gasteiger partial charge in [0, 0.05) is 12.0 Å². The Morgan fingerprint density at radius 1 is 1.26 bits per heavy atom. The molecular weight excluding hydrogens is 395 g/mol. The second kappa shape index (κ2) is 7.94. The van der Waals surface area contributed by atoms with Gasteiger partial charge in [-0.3, -0.25) is 9.48 Å². The number of hydrogen-bond acceptors (Lipinski definition) is 4. The summed E-state index contributed by atoms with van der Waals surface area (Å²) in [7, 11) is 0. The highest BCUT2D eigenvalue weighted by molar-refractivity contribution is 6.04. The molecule has 0 unspecified atom stereocenters. The number of hydrogen-bond donors (Lipinski definition) is 1. The third-order valence-corrected chi connectivity index (χ3v) is 6.35. The zero-order chi connectivity index (χ0) is 22.3. The van der Waals surface area contributed by atoms with E-state index in [1.165, 1.54) is 12.1 Å². The van der Waals surface area contributed by atoms with Crippen LogP contribution in [-0.2, 0) is 19.4 Å². The molecule has 0 saturated carbocycles. The summed E-state index contributed by atoms with van der Waals surface area (Å²) >= 11 is 0. The number of anilines is 1. The Kier molecular flexibility index (Phi) is 5.45. The number of carbonyl (C=O) groups is 1. The minimum absolute atomic E-state index is 0.164. The third-order valence-electron chi connectivity index (χ3n) is 6.35. The van der Waals surface area contributed by atoms with Crippen LogP contribution in [0.5, 0.6) is 0 Å². The summed E-state index contributed by atoms with van der Waals surface area (Å²) in [5.74, 6) is 0.765. The highest BCUT2D eigenvalue weighted by Gasteiger charge is 2.34.